The number of nitrogens with zero attached hydrogens (tertiary/aromatic N) is 3. The van der Waals surface area contributed by atoms with Gasteiger partial charge in [0, 0.05) is 55.3 Å². The average Bonchev–Trinajstić information content (AvgIpc) is 3.29. The van der Waals surface area contributed by atoms with Crippen molar-refractivity contribution in [2.24, 2.45) is 5.92 Å². The van der Waals surface area contributed by atoms with Gasteiger partial charge in [0.1, 0.15) is 5.75 Å². The second-order valence-electron chi connectivity index (χ2n) is 8.93. The summed E-state index contributed by atoms with van der Waals surface area (Å²) in [4.78, 5) is 23.5. The molecular formula is C27H33N3O2S. The molecule has 174 valence electrons. The maximum absolute atomic E-state index is 12.8. The molecule has 2 aromatic heterocycles. The molecule has 1 fully saturated rings. The highest BCUT2D eigenvalue weighted by molar-refractivity contribution is 7.13. The van der Waals surface area contributed by atoms with E-state index < -0.39 is 0 Å². The van der Waals surface area contributed by atoms with E-state index in [0.29, 0.717) is 12.5 Å². The van der Waals surface area contributed by atoms with E-state index in [0.717, 1.165) is 61.8 Å². The lowest BCUT2D eigenvalue weighted by molar-refractivity contribution is 0.0638. The van der Waals surface area contributed by atoms with Gasteiger partial charge in [-0.25, -0.2) is 0 Å². The van der Waals surface area contributed by atoms with Crippen molar-refractivity contribution in [2.75, 3.05) is 33.3 Å². The number of aromatic nitrogens is 1. The molecule has 5 nitrogen and oxygen atoms in total. The summed E-state index contributed by atoms with van der Waals surface area (Å²) in [6, 6.07) is 18.4. The van der Waals surface area contributed by atoms with Crippen LogP contribution in [0.15, 0.2) is 60.8 Å². The molecule has 0 radical (unpaired) electrons. The van der Waals surface area contributed by atoms with Crippen LogP contribution in [0.2, 0.25) is 0 Å². The lowest BCUT2D eigenvalue weighted by Gasteiger charge is -2.32. The molecule has 1 aromatic carbocycles. The zero-order valence-corrected chi connectivity index (χ0v) is 20.4. The summed E-state index contributed by atoms with van der Waals surface area (Å²) in [5.41, 5.74) is 2.40. The van der Waals surface area contributed by atoms with Crippen molar-refractivity contribution in [2.45, 2.75) is 32.7 Å². The SMILES string of the molecule is Cc1ccc(C(=O)N2CCCC(COc3ccc(CN(C)CCc4ccccn4)cc3)C2)s1. The van der Waals surface area contributed by atoms with Crippen LogP contribution in [0, 0.1) is 12.8 Å². The number of carbonyl (C=O) groups is 1. The van der Waals surface area contributed by atoms with Gasteiger partial charge in [-0.05, 0) is 68.8 Å². The highest BCUT2D eigenvalue weighted by Gasteiger charge is 2.25. The van der Waals surface area contributed by atoms with Crippen molar-refractivity contribution >= 4 is 17.2 Å². The first-order valence-corrected chi connectivity index (χ1v) is 12.5. The summed E-state index contributed by atoms with van der Waals surface area (Å²) in [6.07, 6.45) is 4.94. The number of likely N-dealkylation sites (tertiary alicyclic amines) is 1. The van der Waals surface area contributed by atoms with Crippen molar-refractivity contribution in [1.82, 2.24) is 14.8 Å². The third-order valence-electron chi connectivity index (χ3n) is 6.09. The number of amides is 1. The number of ether oxygens (including phenoxy) is 1. The van der Waals surface area contributed by atoms with E-state index in [4.69, 9.17) is 4.74 Å². The third kappa shape index (κ3) is 6.89. The van der Waals surface area contributed by atoms with Crippen LogP contribution in [0.4, 0.5) is 0 Å². The largest absolute Gasteiger partial charge is 0.493 e. The fourth-order valence-corrected chi connectivity index (χ4v) is 5.07. The molecule has 1 amide bonds. The number of hydrogen-bond acceptors (Lipinski definition) is 5. The van der Waals surface area contributed by atoms with E-state index >= 15 is 0 Å². The minimum atomic E-state index is 0.161. The van der Waals surface area contributed by atoms with E-state index in [1.807, 2.05) is 42.3 Å². The highest BCUT2D eigenvalue weighted by Crippen LogP contribution is 2.23. The molecule has 1 aliphatic heterocycles. The molecule has 33 heavy (non-hydrogen) atoms. The fraction of sp³-hybridized carbons (Fsp3) is 0.407. The molecule has 1 atom stereocenters. The smallest absolute Gasteiger partial charge is 0.263 e. The Kier molecular flexibility index (Phi) is 8.13. The molecule has 0 N–H and O–H groups in total. The quantitative estimate of drug-likeness (QED) is 0.445. The summed E-state index contributed by atoms with van der Waals surface area (Å²) in [5, 5.41) is 0. The second kappa shape index (κ2) is 11.4. The number of likely N-dealkylation sites (N-methyl/N-ethyl adjacent to an activating group) is 1. The van der Waals surface area contributed by atoms with Crippen LogP contribution in [0.3, 0.4) is 0 Å². The minimum Gasteiger partial charge on any atom is -0.493 e. The van der Waals surface area contributed by atoms with Gasteiger partial charge in [0.25, 0.3) is 5.91 Å². The first-order valence-electron chi connectivity index (χ1n) is 11.7. The number of pyridine rings is 1. The first-order chi connectivity index (χ1) is 16.1. The standard InChI is InChI=1S/C27H33N3O2S/c1-21-8-13-26(33-21)27(31)30-16-5-6-23(19-30)20-32-25-11-9-22(10-12-25)18-29(2)17-14-24-7-3-4-15-28-24/h3-4,7-13,15,23H,5-6,14,16-20H2,1-2H3. The van der Waals surface area contributed by atoms with Crippen molar-refractivity contribution in [3.05, 3.63) is 81.8 Å². The molecule has 0 bridgehead atoms. The number of benzene rings is 1. The molecule has 3 aromatic rings. The van der Waals surface area contributed by atoms with Gasteiger partial charge in [-0.1, -0.05) is 18.2 Å². The number of piperidine rings is 1. The van der Waals surface area contributed by atoms with Crippen molar-refractivity contribution in [1.29, 1.82) is 0 Å². The van der Waals surface area contributed by atoms with Crippen LogP contribution in [0.5, 0.6) is 5.75 Å². The van der Waals surface area contributed by atoms with Gasteiger partial charge >= 0.3 is 0 Å². The van der Waals surface area contributed by atoms with Gasteiger partial charge in [-0.2, -0.15) is 0 Å². The Morgan fingerprint density at radius 1 is 1.18 bits per heavy atom. The van der Waals surface area contributed by atoms with Gasteiger partial charge in [0.15, 0.2) is 0 Å². The molecule has 1 saturated heterocycles. The monoisotopic (exact) mass is 463 g/mol. The Morgan fingerprint density at radius 2 is 2.03 bits per heavy atom. The minimum absolute atomic E-state index is 0.161. The van der Waals surface area contributed by atoms with Gasteiger partial charge in [0.2, 0.25) is 0 Å². The zero-order chi connectivity index (χ0) is 23.0. The normalized spacial score (nSPS) is 16.2. The average molecular weight is 464 g/mol. The third-order valence-corrected chi connectivity index (χ3v) is 7.08. The number of carbonyl (C=O) groups excluding carboxylic acids is 1. The molecule has 4 rings (SSSR count). The summed E-state index contributed by atoms with van der Waals surface area (Å²) >= 11 is 1.58. The number of thiophene rings is 1. The van der Waals surface area contributed by atoms with Crippen molar-refractivity contribution in [3.63, 3.8) is 0 Å². The molecule has 6 heteroatoms. The number of hydrogen-bond donors (Lipinski definition) is 0. The Balaban J connectivity index is 1.21. The number of aryl methyl sites for hydroxylation is 1. The molecule has 1 unspecified atom stereocenters. The maximum Gasteiger partial charge on any atom is 0.263 e. The van der Waals surface area contributed by atoms with E-state index in [9.17, 15) is 4.79 Å². The van der Waals surface area contributed by atoms with Crippen LogP contribution in [0.25, 0.3) is 0 Å². The Hall–Kier alpha value is -2.70. The van der Waals surface area contributed by atoms with Gasteiger partial charge in [-0.15, -0.1) is 11.3 Å². The van der Waals surface area contributed by atoms with Crippen LogP contribution in [-0.4, -0.2) is 54.0 Å². The predicted molar refractivity (Wildman–Crippen MR) is 134 cm³/mol. The Labute approximate surface area is 201 Å². The molecule has 0 saturated carbocycles. The molecule has 1 aliphatic rings. The van der Waals surface area contributed by atoms with Crippen molar-refractivity contribution in [3.8, 4) is 5.75 Å². The second-order valence-corrected chi connectivity index (χ2v) is 10.2. The van der Waals surface area contributed by atoms with Crippen LogP contribution >= 0.6 is 11.3 Å². The summed E-state index contributed by atoms with van der Waals surface area (Å²) < 4.78 is 6.09. The van der Waals surface area contributed by atoms with Gasteiger partial charge < -0.3 is 14.5 Å². The van der Waals surface area contributed by atoms with Crippen molar-refractivity contribution < 1.29 is 9.53 Å². The maximum atomic E-state index is 12.8. The topological polar surface area (TPSA) is 45.7 Å². The van der Waals surface area contributed by atoms with Crippen LogP contribution in [0.1, 0.15) is 38.6 Å². The van der Waals surface area contributed by atoms with E-state index in [1.165, 1.54) is 10.4 Å². The van der Waals surface area contributed by atoms with Crippen LogP contribution < -0.4 is 4.74 Å². The van der Waals surface area contributed by atoms with Gasteiger partial charge in [0.05, 0.1) is 11.5 Å². The lowest BCUT2D eigenvalue weighted by Crippen LogP contribution is -2.41. The fourth-order valence-electron chi connectivity index (χ4n) is 4.24. The van der Waals surface area contributed by atoms with E-state index in [-0.39, 0.29) is 5.91 Å². The summed E-state index contributed by atoms with van der Waals surface area (Å²) in [5.74, 6) is 1.43. The predicted octanol–water partition coefficient (Wildman–Crippen LogP) is 5.06. The lowest BCUT2D eigenvalue weighted by atomic mass is 9.99. The Bertz CT molecular complexity index is 1020. The molecular weight excluding hydrogens is 430 g/mol. The zero-order valence-electron chi connectivity index (χ0n) is 19.6. The Morgan fingerprint density at radius 3 is 2.76 bits per heavy atom. The summed E-state index contributed by atoms with van der Waals surface area (Å²) in [6.45, 7) is 6.17. The van der Waals surface area contributed by atoms with E-state index in [2.05, 4.69) is 47.3 Å². The summed E-state index contributed by atoms with van der Waals surface area (Å²) in [7, 11) is 2.14. The number of rotatable bonds is 9. The molecule has 3 heterocycles. The van der Waals surface area contributed by atoms with Crippen LogP contribution in [-0.2, 0) is 13.0 Å². The highest BCUT2D eigenvalue weighted by atomic mass is 32.1. The first kappa shape index (κ1) is 23.5. The van der Waals surface area contributed by atoms with Gasteiger partial charge in [-0.3, -0.25) is 9.78 Å². The molecule has 0 aliphatic carbocycles. The molecule has 0 spiro atoms. The van der Waals surface area contributed by atoms with E-state index in [1.54, 1.807) is 11.3 Å².